The van der Waals surface area contributed by atoms with Crippen molar-refractivity contribution >= 4 is 12.2 Å². The number of hydrogen-bond acceptors (Lipinski definition) is 5. The molecule has 0 aliphatic heterocycles. The molecule has 23 heavy (non-hydrogen) atoms. The van der Waals surface area contributed by atoms with Crippen molar-refractivity contribution in [1.29, 1.82) is 0 Å². The molecule has 0 bridgehead atoms. The van der Waals surface area contributed by atoms with Crippen molar-refractivity contribution in [2.75, 3.05) is 6.54 Å². The first kappa shape index (κ1) is 16.6. The Kier molecular flexibility index (Phi) is 5.05. The number of alkyl carbamates (subject to hydrolysis) is 1. The van der Waals surface area contributed by atoms with Crippen LogP contribution in [0.4, 0.5) is 4.79 Å². The van der Waals surface area contributed by atoms with Gasteiger partial charge >= 0.3 is 6.09 Å². The first-order valence-corrected chi connectivity index (χ1v) is 7.22. The SMILES string of the molecule is CC(C)(C)OC(=O)NCC=Cc1ccc(O)c(-c2ccno2)c1. The summed E-state index contributed by atoms with van der Waals surface area (Å²) in [6, 6.07) is 6.80. The third-order valence-corrected chi connectivity index (χ3v) is 2.80. The molecule has 0 fully saturated rings. The molecule has 0 radical (unpaired) electrons. The number of rotatable bonds is 4. The van der Waals surface area contributed by atoms with Gasteiger partial charge in [-0.3, -0.25) is 0 Å². The number of aromatic nitrogens is 1. The topological polar surface area (TPSA) is 84.6 Å². The molecule has 2 N–H and O–H groups in total. The van der Waals surface area contributed by atoms with E-state index in [-0.39, 0.29) is 5.75 Å². The highest BCUT2D eigenvalue weighted by Gasteiger charge is 2.15. The highest BCUT2D eigenvalue weighted by molar-refractivity contribution is 5.70. The lowest BCUT2D eigenvalue weighted by Crippen LogP contribution is -2.32. The number of nitrogens with one attached hydrogen (secondary N) is 1. The zero-order valence-electron chi connectivity index (χ0n) is 13.4. The zero-order valence-corrected chi connectivity index (χ0v) is 13.4. The summed E-state index contributed by atoms with van der Waals surface area (Å²) in [6.45, 7) is 5.77. The number of carbonyl (C=O) groups is 1. The van der Waals surface area contributed by atoms with Crippen molar-refractivity contribution in [3.8, 4) is 17.1 Å². The number of phenolic OH excluding ortho intramolecular Hbond substituents is 1. The van der Waals surface area contributed by atoms with Gasteiger partial charge in [-0.25, -0.2) is 4.79 Å². The molecule has 1 aromatic carbocycles. The third kappa shape index (κ3) is 5.18. The Hall–Kier alpha value is -2.76. The average Bonchev–Trinajstić information content (AvgIpc) is 2.97. The average molecular weight is 316 g/mol. The van der Waals surface area contributed by atoms with Gasteiger partial charge in [-0.2, -0.15) is 0 Å². The highest BCUT2D eigenvalue weighted by atomic mass is 16.6. The maximum absolute atomic E-state index is 11.5. The number of aromatic hydroxyl groups is 1. The molecular weight excluding hydrogens is 296 g/mol. The van der Waals surface area contributed by atoms with Crippen molar-refractivity contribution in [3.63, 3.8) is 0 Å². The van der Waals surface area contributed by atoms with Crippen LogP contribution in [0, 0.1) is 0 Å². The van der Waals surface area contributed by atoms with E-state index in [1.54, 1.807) is 30.3 Å². The fourth-order valence-electron chi connectivity index (χ4n) is 1.86. The molecule has 0 saturated carbocycles. The minimum Gasteiger partial charge on any atom is -0.507 e. The first-order valence-electron chi connectivity index (χ1n) is 7.22. The molecule has 0 aliphatic carbocycles. The Morgan fingerprint density at radius 1 is 1.39 bits per heavy atom. The number of ether oxygens (including phenoxy) is 1. The number of nitrogens with zero attached hydrogens (tertiary/aromatic N) is 1. The molecule has 2 aromatic rings. The normalized spacial score (nSPS) is 11.6. The summed E-state index contributed by atoms with van der Waals surface area (Å²) in [5, 5.41) is 16.1. The maximum atomic E-state index is 11.5. The minimum absolute atomic E-state index is 0.116. The van der Waals surface area contributed by atoms with E-state index in [1.165, 1.54) is 6.20 Å². The van der Waals surface area contributed by atoms with Gasteiger partial charge in [0.15, 0.2) is 5.76 Å². The molecule has 122 valence electrons. The van der Waals surface area contributed by atoms with Gasteiger partial charge in [-0.1, -0.05) is 23.4 Å². The van der Waals surface area contributed by atoms with E-state index < -0.39 is 11.7 Å². The van der Waals surface area contributed by atoms with Crippen molar-refractivity contribution in [2.24, 2.45) is 0 Å². The van der Waals surface area contributed by atoms with Gasteiger partial charge in [0.1, 0.15) is 11.4 Å². The van der Waals surface area contributed by atoms with Crippen LogP contribution in [0.25, 0.3) is 17.4 Å². The number of amides is 1. The van der Waals surface area contributed by atoms with Gasteiger partial charge in [-0.05, 0) is 38.5 Å². The van der Waals surface area contributed by atoms with Gasteiger partial charge in [0.25, 0.3) is 0 Å². The predicted molar refractivity (Wildman–Crippen MR) is 86.9 cm³/mol. The van der Waals surface area contributed by atoms with Gasteiger partial charge < -0.3 is 19.7 Å². The van der Waals surface area contributed by atoms with Crippen molar-refractivity contribution in [1.82, 2.24) is 10.5 Å². The van der Waals surface area contributed by atoms with Crippen LogP contribution >= 0.6 is 0 Å². The van der Waals surface area contributed by atoms with E-state index in [0.29, 0.717) is 17.9 Å². The van der Waals surface area contributed by atoms with E-state index in [2.05, 4.69) is 10.5 Å². The molecule has 6 heteroatoms. The van der Waals surface area contributed by atoms with E-state index in [4.69, 9.17) is 9.26 Å². The Morgan fingerprint density at radius 2 is 2.17 bits per heavy atom. The molecule has 0 saturated heterocycles. The third-order valence-electron chi connectivity index (χ3n) is 2.80. The lowest BCUT2D eigenvalue weighted by atomic mass is 10.1. The Balaban J connectivity index is 1.96. The molecule has 6 nitrogen and oxygen atoms in total. The lowest BCUT2D eigenvalue weighted by molar-refractivity contribution is 0.0534. The molecule has 1 heterocycles. The summed E-state index contributed by atoms with van der Waals surface area (Å²) in [4.78, 5) is 11.5. The molecule has 0 aliphatic rings. The monoisotopic (exact) mass is 316 g/mol. The molecular formula is C17H20N2O4. The summed E-state index contributed by atoms with van der Waals surface area (Å²) in [5.74, 6) is 0.607. The van der Waals surface area contributed by atoms with E-state index in [9.17, 15) is 9.90 Å². The standard InChI is InChI=1S/C17H20N2O4/c1-17(2,3)22-16(21)18-9-4-5-12-6-7-14(20)13(11-12)15-8-10-19-23-15/h4-8,10-11,20H,9H2,1-3H3,(H,18,21). The number of benzene rings is 1. The zero-order chi connectivity index (χ0) is 16.9. The minimum atomic E-state index is -0.517. The summed E-state index contributed by atoms with van der Waals surface area (Å²) >= 11 is 0. The van der Waals surface area contributed by atoms with E-state index in [1.807, 2.05) is 26.8 Å². The van der Waals surface area contributed by atoms with Gasteiger partial charge in [0.05, 0.1) is 11.8 Å². The van der Waals surface area contributed by atoms with Crippen LogP contribution in [0.5, 0.6) is 5.75 Å². The molecule has 0 atom stereocenters. The van der Waals surface area contributed by atoms with E-state index >= 15 is 0 Å². The molecule has 1 amide bonds. The molecule has 2 rings (SSSR count). The van der Waals surface area contributed by atoms with Crippen molar-refractivity contribution in [3.05, 3.63) is 42.1 Å². The molecule has 0 unspecified atom stereocenters. The second kappa shape index (κ2) is 7.00. The van der Waals surface area contributed by atoms with Crippen LogP contribution < -0.4 is 5.32 Å². The lowest BCUT2D eigenvalue weighted by Gasteiger charge is -2.19. The van der Waals surface area contributed by atoms with Crippen molar-refractivity contribution < 1.29 is 19.2 Å². The van der Waals surface area contributed by atoms with Crippen LogP contribution in [0.15, 0.2) is 41.1 Å². The Labute approximate surface area is 134 Å². The second-order valence-corrected chi connectivity index (χ2v) is 5.94. The quantitative estimate of drug-likeness (QED) is 0.900. The first-order chi connectivity index (χ1) is 10.8. The number of hydrogen-bond donors (Lipinski definition) is 2. The van der Waals surface area contributed by atoms with Gasteiger partial charge in [0.2, 0.25) is 0 Å². The van der Waals surface area contributed by atoms with Gasteiger partial charge in [0, 0.05) is 12.6 Å². The van der Waals surface area contributed by atoms with Crippen LogP contribution in [-0.4, -0.2) is 28.5 Å². The number of carbonyl (C=O) groups excluding carboxylic acids is 1. The molecule has 1 aromatic heterocycles. The highest BCUT2D eigenvalue weighted by Crippen LogP contribution is 2.29. The van der Waals surface area contributed by atoms with Crippen molar-refractivity contribution in [2.45, 2.75) is 26.4 Å². The summed E-state index contributed by atoms with van der Waals surface area (Å²) < 4.78 is 10.2. The Bertz CT molecular complexity index is 685. The summed E-state index contributed by atoms with van der Waals surface area (Å²) in [6.07, 6.45) is 4.68. The van der Waals surface area contributed by atoms with Crippen LogP contribution in [0.3, 0.4) is 0 Å². The summed E-state index contributed by atoms with van der Waals surface area (Å²) in [5.41, 5.74) is 0.904. The fourth-order valence-corrected chi connectivity index (χ4v) is 1.86. The van der Waals surface area contributed by atoms with Gasteiger partial charge in [-0.15, -0.1) is 0 Å². The van der Waals surface area contributed by atoms with Crippen LogP contribution in [0.1, 0.15) is 26.3 Å². The summed E-state index contributed by atoms with van der Waals surface area (Å²) in [7, 11) is 0. The largest absolute Gasteiger partial charge is 0.507 e. The van der Waals surface area contributed by atoms with E-state index in [0.717, 1.165) is 5.56 Å². The van der Waals surface area contributed by atoms with Crippen LogP contribution in [0.2, 0.25) is 0 Å². The maximum Gasteiger partial charge on any atom is 0.407 e. The smallest absolute Gasteiger partial charge is 0.407 e. The van der Waals surface area contributed by atoms with Crippen LogP contribution in [-0.2, 0) is 4.74 Å². The molecule has 0 spiro atoms. The fraction of sp³-hybridized carbons (Fsp3) is 0.294. The second-order valence-electron chi connectivity index (χ2n) is 5.94. The predicted octanol–water partition coefficient (Wildman–Crippen LogP) is 3.59. The number of phenols is 1. The Morgan fingerprint density at radius 3 is 2.83 bits per heavy atom.